The van der Waals surface area contributed by atoms with Gasteiger partial charge in [0.15, 0.2) is 11.1 Å². The van der Waals surface area contributed by atoms with Gasteiger partial charge in [0.25, 0.3) is 0 Å². The first-order chi connectivity index (χ1) is 16.2. The van der Waals surface area contributed by atoms with Crippen molar-refractivity contribution < 1.29 is 15.0 Å². The molecule has 0 spiro atoms. The number of aliphatic carboxylic acids is 1. The normalized spacial score (nSPS) is 16.6. The fraction of sp³-hybridized carbons (Fsp3) is 0.185. The van der Waals surface area contributed by atoms with Crippen molar-refractivity contribution in [3.05, 3.63) is 92.1 Å². The SMILES string of the molecule is CCN1/C(=C/c2c(O)c(=Nc3ccc(/C=C(/C#N)C(=O)O)cc3)c2=O)C(C)(C)c2ccccc21. The van der Waals surface area contributed by atoms with Crippen LogP contribution in [-0.4, -0.2) is 22.7 Å². The molecule has 0 atom stereocenters. The molecule has 7 nitrogen and oxygen atoms in total. The number of hydrogen-bond acceptors (Lipinski definition) is 6. The Morgan fingerprint density at radius 1 is 1.18 bits per heavy atom. The fourth-order valence-electron chi connectivity index (χ4n) is 4.31. The van der Waals surface area contributed by atoms with Crippen LogP contribution in [0.4, 0.5) is 11.4 Å². The van der Waals surface area contributed by atoms with Crippen LogP contribution in [0.25, 0.3) is 12.2 Å². The number of nitriles is 1. The van der Waals surface area contributed by atoms with Crippen LogP contribution in [0.15, 0.2) is 69.6 Å². The molecular formula is C27H23N3O4. The molecule has 0 fully saturated rings. The van der Waals surface area contributed by atoms with Gasteiger partial charge in [-0.05, 0) is 48.4 Å². The van der Waals surface area contributed by atoms with Gasteiger partial charge in [0.2, 0.25) is 5.43 Å². The van der Waals surface area contributed by atoms with Gasteiger partial charge < -0.3 is 15.1 Å². The Hall–Kier alpha value is -4.44. The molecule has 3 aromatic carbocycles. The summed E-state index contributed by atoms with van der Waals surface area (Å²) in [7, 11) is 0. The molecule has 0 bridgehead atoms. The van der Waals surface area contributed by atoms with E-state index in [2.05, 4.69) is 35.9 Å². The number of carboxylic acid groups (broad SMARTS) is 1. The van der Waals surface area contributed by atoms with Crippen LogP contribution in [0.5, 0.6) is 5.75 Å². The Kier molecular flexibility index (Phi) is 5.68. The van der Waals surface area contributed by atoms with E-state index in [-0.39, 0.29) is 33.1 Å². The summed E-state index contributed by atoms with van der Waals surface area (Å²) in [5, 5.41) is 28.4. The average Bonchev–Trinajstić information content (AvgIpc) is 3.05. The zero-order valence-corrected chi connectivity index (χ0v) is 19.0. The van der Waals surface area contributed by atoms with E-state index in [1.807, 2.05) is 19.1 Å². The second-order valence-corrected chi connectivity index (χ2v) is 8.53. The Labute approximate surface area is 196 Å². The second-order valence-electron chi connectivity index (χ2n) is 8.53. The third-order valence-corrected chi connectivity index (χ3v) is 6.13. The highest BCUT2D eigenvalue weighted by molar-refractivity contribution is 5.96. The number of rotatable bonds is 5. The van der Waals surface area contributed by atoms with E-state index in [1.54, 1.807) is 36.4 Å². The molecule has 0 aromatic heterocycles. The van der Waals surface area contributed by atoms with Crippen molar-refractivity contribution in [3.63, 3.8) is 0 Å². The number of benzene rings is 2. The minimum Gasteiger partial charge on any atom is -0.505 e. The topological polar surface area (TPSA) is 114 Å². The number of allylic oxidation sites excluding steroid dienone is 1. The van der Waals surface area contributed by atoms with Crippen LogP contribution in [0.2, 0.25) is 0 Å². The Morgan fingerprint density at radius 3 is 2.44 bits per heavy atom. The zero-order chi connectivity index (χ0) is 24.6. The van der Waals surface area contributed by atoms with Crippen molar-refractivity contribution in [3.8, 4) is 11.8 Å². The number of aromatic hydroxyl groups is 1. The Morgan fingerprint density at radius 2 is 1.85 bits per heavy atom. The smallest absolute Gasteiger partial charge is 0.346 e. The van der Waals surface area contributed by atoms with Gasteiger partial charge in [0.1, 0.15) is 11.6 Å². The van der Waals surface area contributed by atoms with Crippen molar-refractivity contribution in [2.24, 2.45) is 4.99 Å². The molecule has 34 heavy (non-hydrogen) atoms. The first kappa shape index (κ1) is 22.7. The molecule has 4 rings (SSSR count). The van der Waals surface area contributed by atoms with Crippen molar-refractivity contribution in [1.29, 1.82) is 5.26 Å². The maximum Gasteiger partial charge on any atom is 0.346 e. The summed E-state index contributed by atoms with van der Waals surface area (Å²) < 4.78 is 0. The Balaban J connectivity index is 1.68. The molecule has 0 saturated heterocycles. The van der Waals surface area contributed by atoms with Gasteiger partial charge in [-0.25, -0.2) is 9.79 Å². The predicted octanol–water partition coefficient (Wildman–Crippen LogP) is 4.01. The van der Waals surface area contributed by atoms with Gasteiger partial charge in [-0.15, -0.1) is 0 Å². The maximum absolute atomic E-state index is 12.8. The summed E-state index contributed by atoms with van der Waals surface area (Å²) in [6, 6.07) is 16.1. The number of carbonyl (C=O) groups is 1. The third kappa shape index (κ3) is 3.69. The van der Waals surface area contributed by atoms with Crippen molar-refractivity contribution >= 4 is 29.5 Å². The van der Waals surface area contributed by atoms with Gasteiger partial charge in [-0.2, -0.15) is 5.26 Å². The van der Waals surface area contributed by atoms with Gasteiger partial charge in [0, 0.05) is 23.3 Å². The van der Waals surface area contributed by atoms with Crippen molar-refractivity contribution in [2.45, 2.75) is 26.2 Å². The predicted molar refractivity (Wildman–Crippen MR) is 130 cm³/mol. The fourth-order valence-corrected chi connectivity index (χ4v) is 4.31. The minimum atomic E-state index is -1.31. The molecule has 1 heterocycles. The van der Waals surface area contributed by atoms with E-state index in [0.29, 0.717) is 11.3 Å². The molecule has 1 aliphatic heterocycles. The van der Waals surface area contributed by atoms with Crippen LogP contribution >= 0.6 is 0 Å². The lowest BCUT2D eigenvalue weighted by Gasteiger charge is -2.26. The molecule has 7 heteroatoms. The third-order valence-electron chi connectivity index (χ3n) is 6.13. The van der Waals surface area contributed by atoms with Gasteiger partial charge in [0.05, 0.1) is 11.3 Å². The molecule has 2 N–H and O–H groups in total. The molecule has 170 valence electrons. The number of hydrogen-bond donors (Lipinski definition) is 2. The van der Waals surface area contributed by atoms with Crippen LogP contribution < -0.4 is 15.7 Å². The molecule has 3 aromatic rings. The zero-order valence-electron chi connectivity index (χ0n) is 19.0. The number of anilines is 1. The van der Waals surface area contributed by atoms with Crippen LogP contribution in [0, 0.1) is 11.3 Å². The van der Waals surface area contributed by atoms with E-state index in [1.165, 1.54) is 11.6 Å². The maximum atomic E-state index is 12.8. The number of likely N-dealkylation sites (N-methyl/N-ethyl adjacent to an activating group) is 1. The van der Waals surface area contributed by atoms with Gasteiger partial charge in [-0.1, -0.05) is 44.2 Å². The minimum absolute atomic E-state index is 0.0187. The van der Waals surface area contributed by atoms with Crippen molar-refractivity contribution in [2.75, 3.05) is 11.4 Å². The van der Waals surface area contributed by atoms with E-state index < -0.39 is 5.97 Å². The van der Waals surface area contributed by atoms with Gasteiger partial charge in [-0.3, -0.25) is 4.79 Å². The lowest BCUT2D eigenvalue weighted by Crippen LogP contribution is -2.35. The summed E-state index contributed by atoms with van der Waals surface area (Å²) in [5.74, 6) is -1.46. The summed E-state index contributed by atoms with van der Waals surface area (Å²) in [4.78, 5) is 30.2. The standard InChI is InChI=1S/C27H23N3O4/c1-4-30-21-8-6-5-7-20(21)27(2,3)22(30)14-19-24(31)23(25(19)32)29-18-11-9-16(10-12-18)13-17(15-28)26(33)34/h5-14,31H,4H2,1-3H3,(H,33,34)/b17-13-,22-14+,29-23?. The average molecular weight is 453 g/mol. The van der Waals surface area contributed by atoms with Crippen LogP contribution in [-0.2, 0) is 10.2 Å². The number of para-hydroxylation sites is 1. The first-order valence-corrected chi connectivity index (χ1v) is 10.8. The van der Waals surface area contributed by atoms with Crippen LogP contribution in [0.3, 0.4) is 0 Å². The van der Waals surface area contributed by atoms with E-state index in [9.17, 15) is 14.7 Å². The number of nitrogens with zero attached hydrogens (tertiary/aromatic N) is 3. The van der Waals surface area contributed by atoms with E-state index >= 15 is 0 Å². The lowest BCUT2D eigenvalue weighted by atomic mass is 9.83. The molecular weight excluding hydrogens is 430 g/mol. The summed E-state index contributed by atoms with van der Waals surface area (Å²) in [6.07, 6.45) is 3.00. The van der Waals surface area contributed by atoms with E-state index in [0.717, 1.165) is 17.9 Å². The van der Waals surface area contributed by atoms with Crippen LogP contribution in [0.1, 0.15) is 37.5 Å². The summed E-state index contributed by atoms with van der Waals surface area (Å²) in [6.45, 7) is 6.97. The molecule has 1 aliphatic rings. The first-order valence-electron chi connectivity index (χ1n) is 10.8. The lowest BCUT2D eigenvalue weighted by molar-refractivity contribution is -0.132. The molecule has 0 saturated carbocycles. The second kappa shape index (κ2) is 8.49. The number of carboxylic acids is 1. The van der Waals surface area contributed by atoms with Crippen molar-refractivity contribution in [1.82, 2.24) is 0 Å². The Bertz CT molecular complexity index is 1480. The summed E-state index contributed by atoms with van der Waals surface area (Å²) in [5.41, 5.74) is 3.32. The molecule has 0 aliphatic carbocycles. The molecule has 0 unspecified atom stereocenters. The molecule has 0 radical (unpaired) electrons. The largest absolute Gasteiger partial charge is 0.505 e. The summed E-state index contributed by atoms with van der Waals surface area (Å²) >= 11 is 0. The molecule has 0 amide bonds. The highest BCUT2D eigenvalue weighted by atomic mass is 16.4. The van der Waals surface area contributed by atoms with E-state index in [4.69, 9.17) is 10.4 Å². The highest BCUT2D eigenvalue weighted by Crippen LogP contribution is 2.48. The highest BCUT2D eigenvalue weighted by Gasteiger charge is 2.39. The quantitative estimate of drug-likeness (QED) is 0.446. The van der Waals surface area contributed by atoms with Gasteiger partial charge >= 0.3 is 5.97 Å². The monoisotopic (exact) mass is 453 g/mol. The number of fused-ring (bicyclic) bond motifs is 1.